The maximum Gasteiger partial charge on any atom is 0.251 e. The van der Waals surface area contributed by atoms with Gasteiger partial charge in [-0.1, -0.05) is 133 Å². The van der Waals surface area contributed by atoms with E-state index < -0.39 is 17.9 Å². The summed E-state index contributed by atoms with van der Waals surface area (Å²) in [7, 11) is 0. The van der Waals surface area contributed by atoms with Gasteiger partial charge in [-0.15, -0.1) is 0 Å². The Morgan fingerprint density at radius 3 is 1.95 bits per heavy atom. The second-order valence-corrected chi connectivity index (χ2v) is 13.7. The van der Waals surface area contributed by atoms with Crippen LogP contribution in [0.25, 0.3) is 33.2 Å². The van der Waals surface area contributed by atoms with Crippen LogP contribution in [0.5, 0.6) is 5.75 Å². The average molecular weight is 739 g/mol. The van der Waals surface area contributed by atoms with E-state index in [1.54, 1.807) is 36.5 Å². The quantitative estimate of drug-likeness (QED) is 0.0894. The molecule has 0 radical (unpaired) electrons. The van der Waals surface area contributed by atoms with Gasteiger partial charge in [0.05, 0.1) is 6.42 Å². The molecule has 7 rings (SSSR count). The number of amides is 3. The molecule has 3 amide bonds. The van der Waals surface area contributed by atoms with Crippen molar-refractivity contribution in [2.75, 3.05) is 6.54 Å². The van der Waals surface area contributed by atoms with Gasteiger partial charge in [0.15, 0.2) is 0 Å². The van der Waals surface area contributed by atoms with Crippen molar-refractivity contribution in [3.63, 3.8) is 0 Å². The second kappa shape index (κ2) is 17.8. The highest BCUT2D eigenvalue weighted by molar-refractivity contribution is 6.00. The molecular formula is C48H42N4O4. The van der Waals surface area contributed by atoms with Crippen LogP contribution < -0.4 is 16.0 Å². The van der Waals surface area contributed by atoms with Crippen molar-refractivity contribution in [3.8, 4) is 28.0 Å². The summed E-state index contributed by atoms with van der Waals surface area (Å²) in [4.78, 5) is 45.3. The number of rotatable bonds is 14. The molecular weight excluding hydrogens is 697 g/mol. The van der Waals surface area contributed by atoms with E-state index in [-0.39, 0.29) is 30.5 Å². The van der Waals surface area contributed by atoms with E-state index in [0.29, 0.717) is 35.2 Å². The minimum Gasteiger partial charge on any atom is -0.506 e. The summed E-state index contributed by atoms with van der Waals surface area (Å²) < 4.78 is 0. The number of hydrogen-bond donors (Lipinski definition) is 4. The van der Waals surface area contributed by atoms with E-state index in [2.05, 4.69) is 45.2 Å². The zero-order valence-electron chi connectivity index (χ0n) is 30.8. The number of pyridine rings is 1. The first-order chi connectivity index (χ1) is 27.4. The molecule has 0 aliphatic rings. The molecule has 1 atom stereocenters. The van der Waals surface area contributed by atoms with Crippen LogP contribution in [0.2, 0.25) is 0 Å². The Morgan fingerprint density at radius 1 is 0.607 bits per heavy atom. The molecule has 0 fully saturated rings. The zero-order valence-corrected chi connectivity index (χ0v) is 30.8. The van der Waals surface area contributed by atoms with Crippen molar-refractivity contribution >= 4 is 28.6 Å². The molecule has 0 aliphatic carbocycles. The Labute approximate surface area is 326 Å². The average Bonchev–Trinajstić information content (AvgIpc) is 3.25. The number of fused-ring (bicyclic) bond motifs is 1. The lowest BCUT2D eigenvalue weighted by molar-refractivity contribution is -0.128. The normalized spacial score (nSPS) is 11.5. The van der Waals surface area contributed by atoms with Crippen LogP contribution in [0.15, 0.2) is 170 Å². The lowest BCUT2D eigenvalue weighted by Crippen LogP contribution is -2.49. The van der Waals surface area contributed by atoms with E-state index in [4.69, 9.17) is 0 Å². The summed E-state index contributed by atoms with van der Waals surface area (Å²) in [5.41, 5.74) is 7.53. The number of aromatic hydroxyl groups is 1. The summed E-state index contributed by atoms with van der Waals surface area (Å²) in [6.07, 6.45) is 1.97. The Bertz CT molecular complexity index is 2380. The predicted molar refractivity (Wildman–Crippen MR) is 221 cm³/mol. The van der Waals surface area contributed by atoms with Crippen LogP contribution in [0.4, 0.5) is 0 Å². The Morgan fingerprint density at radius 2 is 1.25 bits per heavy atom. The fourth-order valence-corrected chi connectivity index (χ4v) is 6.89. The molecule has 1 unspecified atom stereocenters. The van der Waals surface area contributed by atoms with Gasteiger partial charge in [0, 0.05) is 36.2 Å². The summed E-state index contributed by atoms with van der Waals surface area (Å²) >= 11 is 0. The minimum absolute atomic E-state index is 0.0320. The van der Waals surface area contributed by atoms with Gasteiger partial charge in [0.1, 0.15) is 17.3 Å². The maximum atomic E-state index is 13.9. The largest absolute Gasteiger partial charge is 0.506 e. The third-order valence-electron chi connectivity index (χ3n) is 9.84. The van der Waals surface area contributed by atoms with Crippen LogP contribution in [-0.4, -0.2) is 40.4 Å². The van der Waals surface area contributed by atoms with Gasteiger partial charge >= 0.3 is 0 Å². The standard InChI is InChI=1S/C48H42N4O4/c53-44-30-41(29-39-20-11-26-49-46(39)44)38-18-10-19-40(28-38)47(55)52-43(31-45(54)51-32-33-21-23-35(24-22-33)34-12-4-1-5-13-34)48(56)50-27-25-42(36-14-6-2-7-15-36)37-16-8-3-9-17-37/h1-24,26,28-30,42-43,53H,25,27,31-32H2,(H,50,56)(H,51,54)(H,52,55). The molecule has 0 aliphatic heterocycles. The first-order valence-corrected chi connectivity index (χ1v) is 18.7. The molecule has 1 heterocycles. The number of phenolic OH excluding ortho intramolecular Hbond substituents is 1. The topological polar surface area (TPSA) is 120 Å². The van der Waals surface area contributed by atoms with Gasteiger partial charge in [-0.2, -0.15) is 0 Å². The highest BCUT2D eigenvalue weighted by atomic mass is 16.3. The molecule has 0 saturated carbocycles. The Balaban J connectivity index is 1.06. The van der Waals surface area contributed by atoms with Crippen LogP contribution in [0, 0.1) is 0 Å². The molecule has 8 heteroatoms. The molecule has 1 aromatic heterocycles. The molecule has 4 N–H and O–H groups in total. The van der Waals surface area contributed by atoms with Gasteiger partial charge in [-0.3, -0.25) is 19.4 Å². The first-order valence-electron chi connectivity index (χ1n) is 18.7. The smallest absolute Gasteiger partial charge is 0.251 e. The SMILES string of the molecule is O=C(CC(NC(=O)c1cccc(-c2cc(O)c3ncccc3c2)c1)C(=O)NCCC(c1ccccc1)c1ccccc1)NCc1ccc(-c2ccccc2)cc1. The van der Waals surface area contributed by atoms with Gasteiger partial charge in [-0.25, -0.2) is 0 Å². The molecule has 0 bridgehead atoms. The van der Waals surface area contributed by atoms with Crippen molar-refractivity contribution in [1.29, 1.82) is 0 Å². The number of carbonyl (C=O) groups excluding carboxylic acids is 3. The van der Waals surface area contributed by atoms with Gasteiger partial charge in [0.2, 0.25) is 11.8 Å². The van der Waals surface area contributed by atoms with E-state index in [1.807, 2.05) is 109 Å². The first kappa shape index (κ1) is 37.3. The van der Waals surface area contributed by atoms with Crippen molar-refractivity contribution in [1.82, 2.24) is 20.9 Å². The fraction of sp³-hybridized carbons (Fsp3) is 0.125. The van der Waals surface area contributed by atoms with Crippen molar-refractivity contribution in [3.05, 3.63) is 192 Å². The third-order valence-corrected chi connectivity index (χ3v) is 9.84. The Hall–Kier alpha value is -7.06. The number of hydrogen-bond acceptors (Lipinski definition) is 5. The van der Waals surface area contributed by atoms with Crippen LogP contribution in [-0.2, 0) is 16.1 Å². The van der Waals surface area contributed by atoms with Crippen LogP contribution in [0.3, 0.4) is 0 Å². The number of nitrogens with zero attached hydrogens (tertiary/aromatic N) is 1. The molecule has 278 valence electrons. The van der Waals surface area contributed by atoms with Gasteiger partial charge in [-0.05, 0) is 75.7 Å². The number of carbonyl (C=O) groups is 3. The fourth-order valence-electron chi connectivity index (χ4n) is 6.89. The molecule has 0 saturated heterocycles. The number of nitrogens with one attached hydrogen (secondary N) is 3. The predicted octanol–water partition coefficient (Wildman–Crippen LogP) is 8.42. The number of aromatic nitrogens is 1. The number of benzene rings is 6. The molecule has 8 nitrogen and oxygen atoms in total. The highest BCUT2D eigenvalue weighted by Crippen LogP contribution is 2.31. The van der Waals surface area contributed by atoms with Gasteiger partial charge < -0.3 is 21.1 Å². The van der Waals surface area contributed by atoms with Crippen molar-refractivity contribution in [2.24, 2.45) is 0 Å². The van der Waals surface area contributed by atoms with E-state index in [0.717, 1.165) is 33.2 Å². The van der Waals surface area contributed by atoms with Crippen molar-refractivity contribution < 1.29 is 19.5 Å². The van der Waals surface area contributed by atoms with Gasteiger partial charge in [0.25, 0.3) is 5.91 Å². The lowest BCUT2D eigenvalue weighted by atomic mass is 9.88. The molecule has 56 heavy (non-hydrogen) atoms. The van der Waals surface area contributed by atoms with E-state index in [9.17, 15) is 19.5 Å². The Kier molecular flexibility index (Phi) is 11.9. The second-order valence-electron chi connectivity index (χ2n) is 13.7. The molecule has 6 aromatic carbocycles. The molecule has 0 spiro atoms. The molecule has 7 aromatic rings. The summed E-state index contributed by atoms with van der Waals surface area (Å²) in [5, 5.41) is 20.2. The minimum atomic E-state index is -1.14. The van der Waals surface area contributed by atoms with E-state index >= 15 is 0 Å². The van der Waals surface area contributed by atoms with Crippen LogP contribution in [0.1, 0.15) is 45.8 Å². The maximum absolute atomic E-state index is 13.9. The lowest BCUT2D eigenvalue weighted by Gasteiger charge is -2.21. The summed E-state index contributed by atoms with van der Waals surface area (Å²) in [6.45, 7) is 0.590. The third kappa shape index (κ3) is 9.35. The van der Waals surface area contributed by atoms with Crippen LogP contribution >= 0.6 is 0 Å². The summed E-state index contributed by atoms with van der Waals surface area (Å²) in [6, 6.07) is 51.2. The summed E-state index contributed by atoms with van der Waals surface area (Å²) in [5.74, 6) is -1.27. The van der Waals surface area contributed by atoms with Crippen molar-refractivity contribution in [2.45, 2.75) is 31.3 Å². The van der Waals surface area contributed by atoms with E-state index in [1.165, 1.54) is 0 Å². The zero-order chi connectivity index (χ0) is 38.7. The highest BCUT2D eigenvalue weighted by Gasteiger charge is 2.25. The number of phenols is 1. The monoisotopic (exact) mass is 738 g/mol.